The van der Waals surface area contributed by atoms with Crippen molar-refractivity contribution in [3.8, 4) is 16.9 Å². The summed E-state index contributed by atoms with van der Waals surface area (Å²) in [7, 11) is 0. The number of phenols is 1. The highest BCUT2D eigenvalue weighted by Gasteiger charge is 2.21. The van der Waals surface area contributed by atoms with Crippen LogP contribution in [0.2, 0.25) is 0 Å². The van der Waals surface area contributed by atoms with E-state index < -0.39 is 0 Å². The van der Waals surface area contributed by atoms with Crippen LogP contribution in [-0.4, -0.2) is 48.6 Å². The van der Waals surface area contributed by atoms with Crippen LogP contribution in [0.4, 0.5) is 0 Å². The monoisotopic (exact) mass is 536 g/mol. The van der Waals surface area contributed by atoms with Gasteiger partial charge in [-0.2, -0.15) is 0 Å². The van der Waals surface area contributed by atoms with Gasteiger partial charge in [0, 0.05) is 36.9 Å². The third-order valence-corrected chi connectivity index (χ3v) is 6.60. The number of unbranched alkanes of at least 4 members (excludes halogenated alkanes) is 3. The summed E-state index contributed by atoms with van der Waals surface area (Å²) in [5, 5.41) is 26.8. The van der Waals surface area contributed by atoms with Gasteiger partial charge in [-0.25, -0.2) is 0 Å². The fraction of sp³-hybridized carbons (Fsp3) is 0.387. The molecule has 2 amide bonds. The Labute approximate surface area is 231 Å². The molecule has 0 unspecified atom stereocenters. The zero-order chi connectivity index (χ0) is 28.5. The number of allylic oxidation sites excluding steroid dienone is 1. The van der Waals surface area contributed by atoms with Gasteiger partial charge in [-0.15, -0.1) is 0 Å². The van der Waals surface area contributed by atoms with Crippen LogP contribution in [0.25, 0.3) is 11.1 Å². The largest absolute Gasteiger partial charge is 0.507 e. The molecule has 0 aliphatic heterocycles. The summed E-state index contributed by atoms with van der Waals surface area (Å²) in [5.74, 6) is -0.0831. The molecule has 0 fully saturated rings. The number of carbonyl (C=O) groups excluding carboxylic acids is 2. The molecule has 0 radical (unpaired) electrons. The van der Waals surface area contributed by atoms with Gasteiger partial charge < -0.3 is 20.5 Å². The van der Waals surface area contributed by atoms with Crippen molar-refractivity contribution in [2.45, 2.75) is 57.9 Å². The summed E-state index contributed by atoms with van der Waals surface area (Å²) >= 11 is 0. The average molecular weight is 537 g/mol. The van der Waals surface area contributed by atoms with Gasteiger partial charge in [0.15, 0.2) is 0 Å². The lowest BCUT2D eigenvalue weighted by atomic mass is 9.79. The smallest absolute Gasteiger partial charge is 0.251 e. The van der Waals surface area contributed by atoms with Crippen LogP contribution >= 0.6 is 0 Å². The summed E-state index contributed by atoms with van der Waals surface area (Å²) in [6, 6.07) is 13.6. The third-order valence-electron chi connectivity index (χ3n) is 6.60. The Morgan fingerprint density at radius 2 is 1.90 bits per heavy atom. The number of benzene rings is 2. The first kappa shape index (κ1) is 31.3. The number of carbonyl (C=O) groups is 2. The van der Waals surface area contributed by atoms with E-state index in [9.17, 15) is 14.7 Å². The Morgan fingerprint density at radius 1 is 1.10 bits per heavy atom. The minimum absolute atomic E-state index is 0.0709. The molecule has 0 saturated heterocycles. The van der Waals surface area contributed by atoms with Crippen LogP contribution in [-0.2, 0) is 26.3 Å². The molecule has 8 nitrogen and oxygen atoms in total. The summed E-state index contributed by atoms with van der Waals surface area (Å²) in [6.07, 6.45) is 10.1. The van der Waals surface area contributed by atoms with E-state index in [0.717, 1.165) is 54.4 Å². The second-order valence-electron chi connectivity index (χ2n) is 9.97. The number of rotatable bonds is 18. The highest BCUT2D eigenvalue weighted by atomic mass is 16.5. The van der Waals surface area contributed by atoms with Gasteiger partial charge in [0.05, 0.1) is 6.61 Å². The van der Waals surface area contributed by atoms with Gasteiger partial charge in [-0.3, -0.25) is 14.8 Å². The third kappa shape index (κ3) is 10.8. The van der Waals surface area contributed by atoms with Crippen LogP contribution in [0.1, 0.15) is 57.1 Å². The van der Waals surface area contributed by atoms with Crippen molar-refractivity contribution in [3.63, 3.8) is 0 Å². The molecule has 0 aliphatic rings. The van der Waals surface area contributed by atoms with Crippen molar-refractivity contribution < 1.29 is 29.8 Å². The molecule has 0 heterocycles. The van der Waals surface area contributed by atoms with E-state index in [-0.39, 0.29) is 17.1 Å². The van der Waals surface area contributed by atoms with Gasteiger partial charge in [0.2, 0.25) is 12.6 Å². The predicted octanol–water partition coefficient (Wildman–Crippen LogP) is 3.32. The Morgan fingerprint density at radius 3 is 2.62 bits per heavy atom. The van der Waals surface area contributed by atoms with Crippen LogP contribution in [0.15, 0.2) is 66.8 Å². The molecule has 0 bridgehead atoms. The molecule has 0 aromatic heterocycles. The van der Waals surface area contributed by atoms with Crippen molar-refractivity contribution in [1.29, 1.82) is 0 Å². The number of phenolic OH excluding ortho intramolecular Hbond substituents is 1. The lowest BCUT2D eigenvalue weighted by Gasteiger charge is -2.26. The zero-order valence-electron chi connectivity index (χ0n) is 23.0. The quantitative estimate of drug-likeness (QED) is 0.0381. The first-order valence-electron chi connectivity index (χ1n) is 13.3. The zero-order valence-corrected chi connectivity index (χ0v) is 23.0. The highest BCUT2D eigenvalue weighted by Crippen LogP contribution is 2.36. The molecule has 2 rings (SSSR count). The number of nitrogens with one attached hydrogen (secondary N) is 3. The van der Waals surface area contributed by atoms with Gasteiger partial charge in [0.25, 0.3) is 5.91 Å². The fourth-order valence-electron chi connectivity index (χ4n) is 4.25. The standard InChI is InChI=1S/C31H41N3O5/c1-4-25(14-16-34-38)30(37)33-22-24-10-9-11-26(20-24)28-13-12-27(21-29(28)36)31(2,3)15-7-5-6-8-18-39-19-17-32-23-35/h4,9-14,16,20-21,23,36,38H,1,5-8,15,17-19,22H2,2-3H3,(H,32,35)(H,33,37)/p+1/b25-14+,34-16+. The van der Waals surface area contributed by atoms with Crippen molar-refractivity contribution in [2.24, 2.45) is 0 Å². The summed E-state index contributed by atoms with van der Waals surface area (Å²) < 4.78 is 5.49. The SMILES string of the molecule is C=C/C(=C\C=[NH+]\O)C(=O)NCc1cccc(-c2ccc(C(C)(C)CCCCCCOCCNC=O)cc2O)c1. The van der Waals surface area contributed by atoms with Crippen molar-refractivity contribution >= 4 is 18.5 Å². The lowest BCUT2D eigenvalue weighted by molar-refractivity contribution is -0.733. The van der Waals surface area contributed by atoms with Crippen LogP contribution in [0.5, 0.6) is 5.75 Å². The van der Waals surface area contributed by atoms with Crippen molar-refractivity contribution in [2.75, 3.05) is 19.8 Å². The molecule has 0 spiro atoms. The Kier molecular flexibility index (Phi) is 13.5. The van der Waals surface area contributed by atoms with Crippen LogP contribution < -0.4 is 15.8 Å². The maximum atomic E-state index is 12.3. The van der Waals surface area contributed by atoms with Gasteiger partial charge in [-0.1, -0.05) is 76.1 Å². The molecule has 5 N–H and O–H groups in total. The summed E-state index contributed by atoms with van der Waals surface area (Å²) in [6.45, 7) is 10.1. The Bertz CT molecular complexity index is 1140. The van der Waals surface area contributed by atoms with Crippen LogP contribution in [0.3, 0.4) is 0 Å². The summed E-state index contributed by atoms with van der Waals surface area (Å²) in [5.41, 5.74) is 3.83. The van der Waals surface area contributed by atoms with Gasteiger partial charge in [-0.05, 0) is 52.2 Å². The number of ether oxygens (including phenoxy) is 1. The first-order chi connectivity index (χ1) is 18.8. The average Bonchev–Trinajstić information content (AvgIpc) is 2.93. The van der Waals surface area contributed by atoms with E-state index >= 15 is 0 Å². The van der Waals surface area contributed by atoms with E-state index in [2.05, 4.69) is 37.1 Å². The molecule has 0 atom stereocenters. The number of aromatic hydroxyl groups is 1. The minimum atomic E-state index is -0.312. The lowest BCUT2D eigenvalue weighted by Crippen LogP contribution is -2.63. The number of amides is 2. The molecule has 8 heteroatoms. The van der Waals surface area contributed by atoms with E-state index in [0.29, 0.717) is 38.3 Å². The van der Waals surface area contributed by atoms with E-state index in [1.807, 2.05) is 41.6 Å². The molecule has 2 aromatic carbocycles. The molecular formula is C31H42N3O5+. The van der Waals surface area contributed by atoms with Gasteiger partial charge in [0.1, 0.15) is 5.75 Å². The highest BCUT2D eigenvalue weighted by molar-refractivity contribution is 5.99. The Hall–Kier alpha value is -3.91. The predicted molar refractivity (Wildman–Crippen MR) is 153 cm³/mol. The summed E-state index contributed by atoms with van der Waals surface area (Å²) in [4.78, 5) is 22.5. The van der Waals surface area contributed by atoms with E-state index in [1.54, 1.807) is 0 Å². The maximum Gasteiger partial charge on any atom is 0.251 e. The molecule has 0 saturated carbocycles. The first-order valence-corrected chi connectivity index (χ1v) is 13.3. The second kappa shape index (κ2) is 16.8. The number of hydrogen-bond acceptors (Lipinski definition) is 5. The molecular weight excluding hydrogens is 494 g/mol. The minimum Gasteiger partial charge on any atom is -0.507 e. The second-order valence-corrected chi connectivity index (χ2v) is 9.97. The molecule has 2 aromatic rings. The van der Waals surface area contributed by atoms with Crippen LogP contribution in [0, 0.1) is 0 Å². The maximum absolute atomic E-state index is 12.3. The molecule has 210 valence electrons. The van der Waals surface area contributed by atoms with Crippen molar-refractivity contribution in [3.05, 3.63) is 77.9 Å². The fourth-order valence-corrected chi connectivity index (χ4v) is 4.25. The van der Waals surface area contributed by atoms with E-state index in [4.69, 9.17) is 9.94 Å². The molecule has 39 heavy (non-hydrogen) atoms. The number of hydrogen-bond donors (Lipinski definition) is 5. The molecule has 0 aliphatic carbocycles. The Balaban J connectivity index is 1.92. The normalized spacial score (nSPS) is 11.9. The topological polar surface area (TPSA) is 122 Å². The van der Waals surface area contributed by atoms with Crippen molar-refractivity contribution in [1.82, 2.24) is 10.6 Å². The van der Waals surface area contributed by atoms with E-state index in [1.165, 1.54) is 18.4 Å². The van der Waals surface area contributed by atoms with Gasteiger partial charge >= 0.3 is 0 Å².